The van der Waals surface area contributed by atoms with Gasteiger partial charge in [-0.2, -0.15) is 0 Å². The summed E-state index contributed by atoms with van der Waals surface area (Å²) in [4.78, 5) is 5.56. The zero-order valence-electron chi connectivity index (χ0n) is 10.2. The SMILES string of the molecule is NC1=Nc2ccc(Cl)cc2SC(c2ccccc2)C1. The molecule has 0 saturated heterocycles. The number of fused-ring (bicyclic) bond motifs is 1. The lowest BCUT2D eigenvalue weighted by Crippen LogP contribution is -2.13. The third-order valence-corrected chi connectivity index (χ3v) is 4.56. The first kappa shape index (κ1) is 12.6. The summed E-state index contributed by atoms with van der Waals surface area (Å²) in [6, 6.07) is 16.1. The van der Waals surface area contributed by atoms with E-state index in [2.05, 4.69) is 17.1 Å². The van der Waals surface area contributed by atoms with Crippen molar-refractivity contribution in [2.75, 3.05) is 0 Å². The molecule has 0 aliphatic carbocycles. The number of rotatable bonds is 1. The lowest BCUT2D eigenvalue weighted by Gasteiger charge is -2.14. The van der Waals surface area contributed by atoms with Gasteiger partial charge in [0.15, 0.2) is 0 Å². The van der Waals surface area contributed by atoms with Gasteiger partial charge in [-0.1, -0.05) is 41.9 Å². The maximum Gasteiger partial charge on any atom is 0.101 e. The van der Waals surface area contributed by atoms with Gasteiger partial charge in [-0.25, -0.2) is 4.99 Å². The van der Waals surface area contributed by atoms with Crippen LogP contribution in [0.15, 0.2) is 58.4 Å². The molecule has 3 rings (SSSR count). The number of benzene rings is 2. The van der Waals surface area contributed by atoms with E-state index in [-0.39, 0.29) is 5.25 Å². The van der Waals surface area contributed by atoms with Crippen LogP contribution in [0.4, 0.5) is 5.69 Å². The molecule has 1 heterocycles. The Bertz CT molecular complexity index is 625. The summed E-state index contributed by atoms with van der Waals surface area (Å²) in [7, 11) is 0. The monoisotopic (exact) mass is 288 g/mol. The first-order valence-electron chi connectivity index (χ1n) is 6.06. The molecule has 96 valence electrons. The number of thioether (sulfide) groups is 1. The summed E-state index contributed by atoms with van der Waals surface area (Å²) < 4.78 is 0. The van der Waals surface area contributed by atoms with Gasteiger partial charge in [-0.3, -0.25) is 0 Å². The molecule has 0 spiro atoms. The molecule has 2 nitrogen and oxygen atoms in total. The summed E-state index contributed by atoms with van der Waals surface area (Å²) in [5.74, 6) is 0.669. The largest absolute Gasteiger partial charge is 0.387 e. The zero-order chi connectivity index (χ0) is 13.2. The highest BCUT2D eigenvalue weighted by molar-refractivity contribution is 7.99. The fourth-order valence-corrected chi connectivity index (χ4v) is 3.63. The summed E-state index contributed by atoms with van der Waals surface area (Å²) >= 11 is 7.84. The molecule has 0 amide bonds. The van der Waals surface area contributed by atoms with Gasteiger partial charge < -0.3 is 5.73 Å². The molecule has 0 radical (unpaired) electrons. The number of hydrogen-bond acceptors (Lipinski definition) is 3. The van der Waals surface area contributed by atoms with E-state index in [1.807, 2.05) is 36.4 Å². The Balaban J connectivity index is 2.02. The Kier molecular flexibility index (Phi) is 3.49. The molecule has 1 aliphatic heterocycles. The van der Waals surface area contributed by atoms with Gasteiger partial charge in [0.1, 0.15) is 5.84 Å². The average molecular weight is 289 g/mol. The molecule has 0 aromatic heterocycles. The van der Waals surface area contributed by atoms with Crippen LogP contribution in [0.1, 0.15) is 17.2 Å². The first-order valence-corrected chi connectivity index (χ1v) is 7.32. The number of hydrogen-bond donors (Lipinski definition) is 1. The van der Waals surface area contributed by atoms with E-state index in [1.165, 1.54) is 5.56 Å². The van der Waals surface area contributed by atoms with E-state index in [9.17, 15) is 0 Å². The minimum atomic E-state index is 0.282. The average Bonchev–Trinajstić information content (AvgIpc) is 2.58. The Labute approximate surface area is 121 Å². The smallest absolute Gasteiger partial charge is 0.101 e. The van der Waals surface area contributed by atoms with Crippen LogP contribution >= 0.6 is 23.4 Å². The summed E-state index contributed by atoms with van der Waals surface area (Å²) in [5.41, 5.74) is 8.19. The van der Waals surface area contributed by atoms with Crippen LogP contribution in [0.3, 0.4) is 0 Å². The van der Waals surface area contributed by atoms with Crippen molar-refractivity contribution in [2.45, 2.75) is 16.6 Å². The molecular weight excluding hydrogens is 276 g/mol. The number of aliphatic imine (C=N–C) groups is 1. The van der Waals surface area contributed by atoms with Gasteiger partial charge in [0.2, 0.25) is 0 Å². The normalized spacial score (nSPS) is 18.4. The second-order valence-electron chi connectivity index (χ2n) is 4.44. The summed E-state index contributed by atoms with van der Waals surface area (Å²) in [6.45, 7) is 0. The van der Waals surface area contributed by atoms with Crippen molar-refractivity contribution in [1.29, 1.82) is 0 Å². The Morgan fingerprint density at radius 2 is 1.95 bits per heavy atom. The minimum absolute atomic E-state index is 0.282. The van der Waals surface area contributed by atoms with E-state index < -0.39 is 0 Å². The van der Waals surface area contributed by atoms with Crippen molar-refractivity contribution in [3.05, 3.63) is 59.1 Å². The van der Waals surface area contributed by atoms with Gasteiger partial charge in [-0.05, 0) is 23.8 Å². The molecule has 1 atom stereocenters. The predicted octanol–water partition coefficient (Wildman–Crippen LogP) is 4.57. The molecule has 2 aromatic rings. The molecule has 19 heavy (non-hydrogen) atoms. The lowest BCUT2D eigenvalue weighted by atomic mass is 10.1. The quantitative estimate of drug-likeness (QED) is 0.835. The Hall–Kier alpha value is -1.45. The van der Waals surface area contributed by atoms with Crippen LogP contribution in [-0.4, -0.2) is 5.84 Å². The standard InChI is InChI=1S/C15H13ClN2S/c16-11-6-7-12-14(8-11)19-13(9-15(17)18-12)10-4-2-1-3-5-10/h1-8,13H,9H2,(H2,17,18). The second-order valence-corrected chi connectivity index (χ2v) is 6.12. The highest BCUT2D eigenvalue weighted by Crippen LogP contribution is 2.45. The van der Waals surface area contributed by atoms with Crippen LogP contribution in [0, 0.1) is 0 Å². The molecule has 4 heteroatoms. The molecule has 0 saturated carbocycles. The van der Waals surface area contributed by atoms with Gasteiger partial charge in [0, 0.05) is 21.6 Å². The van der Waals surface area contributed by atoms with Crippen molar-refractivity contribution >= 4 is 34.9 Å². The molecule has 2 aromatic carbocycles. The second kappa shape index (κ2) is 5.27. The van der Waals surface area contributed by atoms with Gasteiger partial charge in [0.05, 0.1) is 5.69 Å². The maximum absolute atomic E-state index is 6.07. The van der Waals surface area contributed by atoms with E-state index in [4.69, 9.17) is 17.3 Å². The van der Waals surface area contributed by atoms with Crippen LogP contribution in [0.2, 0.25) is 5.02 Å². The molecule has 1 aliphatic rings. The van der Waals surface area contributed by atoms with Gasteiger partial charge in [-0.15, -0.1) is 11.8 Å². The number of nitrogens with two attached hydrogens (primary N) is 1. The maximum atomic E-state index is 6.07. The topological polar surface area (TPSA) is 38.4 Å². The Morgan fingerprint density at radius 3 is 2.74 bits per heavy atom. The van der Waals surface area contributed by atoms with E-state index in [1.54, 1.807) is 11.8 Å². The van der Waals surface area contributed by atoms with E-state index in [0.717, 1.165) is 22.0 Å². The molecule has 1 unspecified atom stereocenters. The van der Waals surface area contributed by atoms with Crippen molar-refractivity contribution in [2.24, 2.45) is 10.7 Å². The van der Waals surface area contributed by atoms with Gasteiger partial charge in [0.25, 0.3) is 0 Å². The fourth-order valence-electron chi connectivity index (χ4n) is 2.11. The third kappa shape index (κ3) is 2.77. The summed E-state index contributed by atoms with van der Waals surface area (Å²) in [5, 5.41) is 1.01. The van der Waals surface area contributed by atoms with Crippen molar-refractivity contribution < 1.29 is 0 Å². The molecule has 2 N–H and O–H groups in total. The third-order valence-electron chi connectivity index (χ3n) is 3.02. The summed E-state index contributed by atoms with van der Waals surface area (Å²) in [6.07, 6.45) is 0.751. The van der Waals surface area contributed by atoms with Crippen molar-refractivity contribution in [1.82, 2.24) is 0 Å². The van der Waals surface area contributed by atoms with Gasteiger partial charge >= 0.3 is 0 Å². The fraction of sp³-hybridized carbons (Fsp3) is 0.133. The van der Waals surface area contributed by atoms with Crippen LogP contribution in [0.5, 0.6) is 0 Å². The van der Waals surface area contributed by atoms with Crippen molar-refractivity contribution in [3.63, 3.8) is 0 Å². The highest BCUT2D eigenvalue weighted by atomic mass is 35.5. The number of amidine groups is 1. The van der Waals surface area contributed by atoms with Crippen LogP contribution in [-0.2, 0) is 0 Å². The zero-order valence-corrected chi connectivity index (χ0v) is 11.8. The van der Waals surface area contributed by atoms with E-state index in [0.29, 0.717) is 5.84 Å². The van der Waals surface area contributed by atoms with Crippen LogP contribution in [0.25, 0.3) is 0 Å². The van der Waals surface area contributed by atoms with Crippen molar-refractivity contribution in [3.8, 4) is 0 Å². The van der Waals surface area contributed by atoms with E-state index >= 15 is 0 Å². The van der Waals surface area contributed by atoms with Crippen LogP contribution < -0.4 is 5.73 Å². The highest BCUT2D eigenvalue weighted by Gasteiger charge is 2.20. The predicted molar refractivity (Wildman–Crippen MR) is 82.4 cm³/mol. The molecular formula is C15H13ClN2S. The molecule has 0 fully saturated rings. The molecule has 0 bridgehead atoms. The Morgan fingerprint density at radius 1 is 1.16 bits per heavy atom. The number of nitrogens with zero attached hydrogens (tertiary/aromatic N) is 1. The number of halogens is 1. The first-order chi connectivity index (χ1) is 9.22. The minimum Gasteiger partial charge on any atom is -0.387 e. The lowest BCUT2D eigenvalue weighted by molar-refractivity contribution is 1.00.